The van der Waals surface area contributed by atoms with E-state index in [9.17, 15) is 13.2 Å². The van der Waals surface area contributed by atoms with E-state index in [-0.39, 0.29) is 5.75 Å². The van der Waals surface area contributed by atoms with Gasteiger partial charge in [0.1, 0.15) is 5.75 Å². The number of hydrogen-bond donors (Lipinski definition) is 0. The zero-order chi connectivity index (χ0) is 17.9. The predicted molar refractivity (Wildman–Crippen MR) is 85.0 cm³/mol. The normalized spacial score (nSPS) is 11.5. The minimum Gasteiger partial charge on any atom is -0.426 e. The molecule has 0 radical (unpaired) electrons. The summed E-state index contributed by atoms with van der Waals surface area (Å²) in [6.45, 7) is 1.74. The molecule has 0 spiro atoms. The molecule has 0 aliphatic carbocycles. The molecule has 0 saturated carbocycles. The molecule has 0 fully saturated rings. The van der Waals surface area contributed by atoms with Crippen molar-refractivity contribution >= 4 is 0 Å². The van der Waals surface area contributed by atoms with Crippen molar-refractivity contribution in [3.63, 3.8) is 0 Å². The van der Waals surface area contributed by atoms with E-state index in [1.54, 1.807) is 19.1 Å². The smallest absolute Gasteiger partial charge is 0.426 e. The van der Waals surface area contributed by atoms with Crippen molar-refractivity contribution in [1.29, 1.82) is 0 Å². The Morgan fingerprint density at radius 2 is 1.72 bits per heavy atom. The van der Waals surface area contributed by atoms with Gasteiger partial charge in [0.05, 0.1) is 0 Å². The van der Waals surface area contributed by atoms with E-state index in [2.05, 4.69) is 14.9 Å². The predicted octanol–water partition coefficient (Wildman–Crippen LogP) is 4.73. The van der Waals surface area contributed by atoms with Crippen LogP contribution in [0.2, 0.25) is 0 Å². The van der Waals surface area contributed by atoms with Gasteiger partial charge in [0.25, 0.3) is 0 Å². The van der Waals surface area contributed by atoms with Gasteiger partial charge in [-0.05, 0) is 35.2 Å². The lowest BCUT2D eigenvalue weighted by atomic mass is 10.0. The van der Waals surface area contributed by atoms with Crippen molar-refractivity contribution in [3.8, 4) is 16.9 Å². The lowest BCUT2D eigenvalue weighted by molar-refractivity contribution is -0.274. The molecule has 25 heavy (non-hydrogen) atoms. The molecule has 2 aromatic carbocycles. The van der Waals surface area contributed by atoms with Crippen molar-refractivity contribution in [2.24, 2.45) is 0 Å². The molecule has 1 heterocycles. The Hall–Kier alpha value is -2.83. The lowest BCUT2D eigenvalue weighted by Crippen LogP contribution is -2.16. The molecule has 3 rings (SSSR count). The van der Waals surface area contributed by atoms with Gasteiger partial charge < -0.3 is 9.15 Å². The zero-order valence-electron chi connectivity index (χ0n) is 13.4. The summed E-state index contributed by atoms with van der Waals surface area (Å²) in [6.07, 6.45) is -3.33. The van der Waals surface area contributed by atoms with Crippen LogP contribution in [0.15, 0.2) is 52.9 Å². The van der Waals surface area contributed by atoms with Crippen LogP contribution in [-0.4, -0.2) is 16.6 Å². The number of alkyl halides is 3. The van der Waals surface area contributed by atoms with Gasteiger partial charge in [-0.3, -0.25) is 0 Å². The number of rotatable bonds is 5. The molecule has 0 atom stereocenters. The largest absolute Gasteiger partial charge is 0.573 e. The maximum Gasteiger partial charge on any atom is 0.573 e. The van der Waals surface area contributed by atoms with Gasteiger partial charge in [0.2, 0.25) is 11.8 Å². The average molecular weight is 348 g/mol. The van der Waals surface area contributed by atoms with E-state index in [0.29, 0.717) is 18.2 Å². The van der Waals surface area contributed by atoms with Crippen molar-refractivity contribution in [3.05, 3.63) is 65.9 Å². The van der Waals surface area contributed by atoms with E-state index >= 15 is 0 Å². The van der Waals surface area contributed by atoms with Crippen molar-refractivity contribution < 1.29 is 22.3 Å². The molecular weight excluding hydrogens is 333 g/mol. The van der Waals surface area contributed by atoms with Crippen LogP contribution in [0.1, 0.15) is 17.3 Å². The van der Waals surface area contributed by atoms with Crippen molar-refractivity contribution in [2.45, 2.75) is 26.1 Å². The van der Waals surface area contributed by atoms with Crippen LogP contribution >= 0.6 is 0 Å². The topological polar surface area (TPSA) is 48.2 Å². The molecule has 0 saturated heterocycles. The first-order valence-corrected chi connectivity index (χ1v) is 7.63. The SMILES string of the molecule is Cc1nnc(CCc2cccc(-c3ccc(OC(F)(F)F)cc3)c2)o1. The van der Waals surface area contributed by atoms with E-state index in [4.69, 9.17) is 4.42 Å². The Morgan fingerprint density at radius 3 is 2.36 bits per heavy atom. The first kappa shape index (κ1) is 17.0. The number of aryl methyl sites for hydroxylation is 3. The minimum atomic E-state index is -4.69. The molecule has 0 aliphatic heterocycles. The van der Waals surface area contributed by atoms with E-state index in [1.807, 2.05) is 24.3 Å². The molecule has 3 aromatic rings. The first-order valence-electron chi connectivity index (χ1n) is 7.63. The Kier molecular flexibility index (Phi) is 4.74. The molecule has 0 bridgehead atoms. The number of ether oxygens (including phenoxy) is 1. The summed E-state index contributed by atoms with van der Waals surface area (Å²) in [5, 5.41) is 7.75. The monoisotopic (exact) mass is 348 g/mol. The third kappa shape index (κ3) is 4.82. The Bertz CT molecular complexity index is 842. The highest BCUT2D eigenvalue weighted by molar-refractivity contribution is 5.64. The number of hydrogen-bond acceptors (Lipinski definition) is 4. The molecule has 130 valence electrons. The van der Waals surface area contributed by atoms with Gasteiger partial charge in [-0.15, -0.1) is 23.4 Å². The van der Waals surface area contributed by atoms with Gasteiger partial charge in [0.15, 0.2) is 0 Å². The first-order chi connectivity index (χ1) is 11.9. The summed E-state index contributed by atoms with van der Waals surface area (Å²) in [5.41, 5.74) is 2.80. The fourth-order valence-electron chi connectivity index (χ4n) is 2.45. The van der Waals surface area contributed by atoms with Gasteiger partial charge in [-0.2, -0.15) is 0 Å². The molecule has 0 N–H and O–H groups in total. The summed E-state index contributed by atoms with van der Waals surface area (Å²) in [6, 6.07) is 13.6. The number of halogens is 3. The summed E-state index contributed by atoms with van der Waals surface area (Å²) >= 11 is 0. The van der Waals surface area contributed by atoms with Crippen LogP contribution < -0.4 is 4.74 Å². The van der Waals surface area contributed by atoms with Crippen molar-refractivity contribution in [2.75, 3.05) is 0 Å². The zero-order valence-corrected chi connectivity index (χ0v) is 13.4. The van der Waals surface area contributed by atoms with Gasteiger partial charge in [-0.1, -0.05) is 36.4 Å². The Morgan fingerprint density at radius 1 is 0.960 bits per heavy atom. The third-order valence-corrected chi connectivity index (χ3v) is 3.54. The maximum atomic E-state index is 12.2. The van der Waals surface area contributed by atoms with E-state index < -0.39 is 6.36 Å². The maximum absolute atomic E-state index is 12.2. The molecular formula is C18H15F3N2O2. The van der Waals surface area contributed by atoms with Gasteiger partial charge in [0, 0.05) is 13.3 Å². The number of aromatic nitrogens is 2. The number of benzene rings is 2. The standard InChI is InChI=1S/C18H15F3N2O2/c1-12-22-23-17(24-12)10-5-13-3-2-4-15(11-13)14-6-8-16(9-7-14)25-18(19,20)21/h2-4,6-9,11H,5,10H2,1H3. The van der Waals surface area contributed by atoms with Gasteiger partial charge >= 0.3 is 6.36 Å². The second kappa shape index (κ2) is 6.96. The van der Waals surface area contributed by atoms with Crippen LogP contribution in [0, 0.1) is 6.92 Å². The summed E-state index contributed by atoms with van der Waals surface area (Å²) in [7, 11) is 0. The third-order valence-electron chi connectivity index (χ3n) is 3.54. The minimum absolute atomic E-state index is 0.237. The van der Waals surface area contributed by atoms with Crippen LogP contribution in [-0.2, 0) is 12.8 Å². The van der Waals surface area contributed by atoms with Crippen LogP contribution in [0.25, 0.3) is 11.1 Å². The van der Waals surface area contributed by atoms with Crippen LogP contribution in [0.5, 0.6) is 5.75 Å². The second-order valence-electron chi connectivity index (χ2n) is 5.49. The van der Waals surface area contributed by atoms with Crippen LogP contribution in [0.3, 0.4) is 0 Å². The molecule has 4 nitrogen and oxygen atoms in total. The number of nitrogens with zero attached hydrogens (tertiary/aromatic N) is 2. The highest BCUT2D eigenvalue weighted by Gasteiger charge is 2.30. The summed E-state index contributed by atoms with van der Waals surface area (Å²) < 4.78 is 45.8. The average Bonchev–Trinajstić information content (AvgIpc) is 2.98. The van der Waals surface area contributed by atoms with Gasteiger partial charge in [-0.25, -0.2) is 0 Å². The highest BCUT2D eigenvalue weighted by Crippen LogP contribution is 2.27. The Labute approximate surface area is 142 Å². The molecule has 0 aliphatic rings. The molecule has 7 heteroatoms. The molecule has 1 aromatic heterocycles. The van der Waals surface area contributed by atoms with E-state index in [1.165, 1.54) is 12.1 Å². The van der Waals surface area contributed by atoms with Crippen molar-refractivity contribution in [1.82, 2.24) is 10.2 Å². The highest BCUT2D eigenvalue weighted by atomic mass is 19.4. The second-order valence-corrected chi connectivity index (χ2v) is 5.49. The van der Waals surface area contributed by atoms with Crippen LogP contribution in [0.4, 0.5) is 13.2 Å². The fraction of sp³-hybridized carbons (Fsp3) is 0.222. The summed E-state index contributed by atoms with van der Waals surface area (Å²) in [4.78, 5) is 0. The fourth-order valence-corrected chi connectivity index (χ4v) is 2.45. The quantitative estimate of drug-likeness (QED) is 0.669. The Balaban J connectivity index is 1.70. The van der Waals surface area contributed by atoms with E-state index in [0.717, 1.165) is 23.1 Å². The molecule has 0 amide bonds. The summed E-state index contributed by atoms with van der Waals surface area (Å²) in [5.74, 6) is 0.876. The lowest BCUT2D eigenvalue weighted by Gasteiger charge is -2.10. The molecule has 0 unspecified atom stereocenters.